The van der Waals surface area contributed by atoms with Gasteiger partial charge in [0.1, 0.15) is 6.04 Å². The van der Waals surface area contributed by atoms with Crippen molar-refractivity contribution in [1.82, 2.24) is 0 Å². The monoisotopic (exact) mass is 281 g/mol. The van der Waals surface area contributed by atoms with Crippen LogP contribution in [-0.4, -0.2) is 24.4 Å². The van der Waals surface area contributed by atoms with Crippen molar-refractivity contribution >= 4 is 17.7 Å². The average Bonchev–Trinajstić information content (AvgIpc) is 2.33. The van der Waals surface area contributed by atoms with Crippen molar-refractivity contribution in [2.45, 2.75) is 39.0 Å². The number of aryl methyl sites for hydroxylation is 2. The van der Waals surface area contributed by atoms with E-state index in [0.717, 1.165) is 11.5 Å². The molecule has 1 aromatic rings. The number of rotatable bonds is 7. The van der Waals surface area contributed by atoms with E-state index in [0.29, 0.717) is 13.0 Å². The van der Waals surface area contributed by atoms with Gasteiger partial charge in [-0.05, 0) is 38.5 Å². The molecule has 106 valence electrons. The quantitative estimate of drug-likeness (QED) is 0.617. The molecule has 0 saturated carbocycles. The highest BCUT2D eigenvalue weighted by molar-refractivity contribution is 7.98. The van der Waals surface area contributed by atoms with E-state index in [1.54, 1.807) is 18.7 Å². The lowest BCUT2D eigenvalue weighted by molar-refractivity contribution is -0.144. The number of carbonyl (C=O) groups is 1. The molecular weight excluding hydrogens is 258 g/mol. The van der Waals surface area contributed by atoms with Crippen LogP contribution in [0.3, 0.4) is 0 Å². The third-order valence-corrected chi connectivity index (χ3v) is 3.77. The van der Waals surface area contributed by atoms with Crippen LogP contribution in [0.25, 0.3) is 0 Å². The molecule has 4 heteroatoms. The van der Waals surface area contributed by atoms with E-state index in [2.05, 4.69) is 32.0 Å². The second-order valence-electron chi connectivity index (χ2n) is 4.70. The second-order valence-corrected chi connectivity index (χ2v) is 5.80. The molecule has 0 aromatic heterocycles. The van der Waals surface area contributed by atoms with Gasteiger partial charge < -0.3 is 10.5 Å². The Morgan fingerprint density at radius 3 is 2.53 bits per heavy atom. The summed E-state index contributed by atoms with van der Waals surface area (Å²) in [5, 5.41) is 0. The Morgan fingerprint density at radius 2 is 1.95 bits per heavy atom. The minimum absolute atomic E-state index is 0.297. The minimum Gasteiger partial charge on any atom is -0.465 e. The molecule has 0 fully saturated rings. The summed E-state index contributed by atoms with van der Waals surface area (Å²) in [7, 11) is 0. The molecule has 0 spiro atoms. The number of nitrogens with two attached hydrogens (primary N) is 1. The van der Waals surface area contributed by atoms with Crippen LogP contribution in [0.1, 0.15) is 30.0 Å². The largest absolute Gasteiger partial charge is 0.465 e. The van der Waals surface area contributed by atoms with E-state index in [9.17, 15) is 4.79 Å². The fourth-order valence-electron chi connectivity index (χ4n) is 1.92. The number of esters is 1. The molecule has 0 radical (unpaired) electrons. The van der Waals surface area contributed by atoms with Crippen molar-refractivity contribution in [3.05, 3.63) is 34.9 Å². The zero-order valence-electron chi connectivity index (χ0n) is 11.9. The highest BCUT2D eigenvalue weighted by atomic mass is 32.2. The van der Waals surface area contributed by atoms with Crippen LogP contribution in [0.5, 0.6) is 0 Å². The zero-order chi connectivity index (χ0) is 14.3. The Bertz CT molecular complexity index is 400. The molecule has 1 unspecified atom stereocenters. The van der Waals surface area contributed by atoms with E-state index < -0.39 is 6.04 Å². The predicted molar refractivity (Wildman–Crippen MR) is 81.3 cm³/mol. The van der Waals surface area contributed by atoms with E-state index >= 15 is 0 Å². The summed E-state index contributed by atoms with van der Waals surface area (Å²) in [5.41, 5.74) is 9.65. The Labute approximate surface area is 119 Å². The molecule has 0 bridgehead atoms. The Balaban J connectivity index is 2.29. The number of benzene rings is 1. The van der Waals surface area contributed by atoms with Crippen molar-refractivity contribution in [3.8, 4) is 0 Å². The summed E-state index contributed by atoms with van der Waals surface area (Å²) < 4.78 is 4.88. The maximum Gasteiger partial charge on any atom is 0.322 e. The number of thioether (sulfide) groups is 1. The van der Waals surface area contributed by atoms with Crippen molar-refractivity contribution in [2.24, 2.45) is 5.73 Å². The molecule has 3 nitrogen and oxygen atoms in total. The van der Waals surface area contributed by atoms with Crippen LogP contribution in [0.4, 0.5) is 0 Å². The number of carbonyl (C=O) groups excluding carboxylic acids is 1. The maximum atomic E-state index is 11.3. The Kier molecular flexibility index (Phi) is 6.95. The molecule has 19 heavy (non-hydrogen) atoms. The molecule has 0 heterocycles. The van der Waals surface area contributed by atoms with Gasteiger partial charge >= 0.3 is 5.97 Å². The number of ether oxygens (including phenoxy) is 1. The summed E-state index contributed by atoms with van der Waals surface area (Å²) in [6, 6.07) is 6.08. The normalized spacial score (nSPS) is 12.2. The van der Waals surface area contributed by atoms with Crippen LogP contribution in [0.2, 0.25) is 0 Å². The van der Waals surface area contributed by atoms with Crippen LogP contribution in [-0.2, 0) is 15.3 Å². The van der Waals surface area contributed by atoms with Gasteiger partial charge in [0.05, 0.1) is 6.61 Å². The van der Waals surface area contributed by atoms with E-state index in [1.807, 2.05) is 0 Å². The lowest BCUT2D eigenvalue weighted by Gasteiger charge is -2.10. The minimum atomic E-state index is -0.494. The highest BCUT2D eigenvalue weighted by Gasteiger charge is 2.13. The van der Waals surface area contributed by atoms with E-state index in [1.165, 1.54) is 16.7 Å². The van der Waals surface area contributed by atoms with Crippen LogP contribution in [0, 0.1) is 13.8 Å². The number of hydrogen-bond acceptors (Lipinski definition) is 4. The third kappa shape index (κ3) is 6.12. The van der Waals surface area contributed by atoms with Crippen LogP contribution >= 0.6 is 11.8 Å². The van der Waals surface area contributed by atoms with Crippen molar-refractivity contribution in [2.75, 3.05) is 12.4 Å². The third-order valence-electron chi connectivity index (χ3n) is 2.71. The first-order chi connectivity index (χ1) is 9.02. The van der Waals surface area contributed by atoms with Gasteiger partial charge in [-0.25, -0.2) is 0 Å². The molecule has 1 aromatic carbocycles. The topological polar surface area (TPSA) is 52.3 Å². The van der Waals surface area contributed by atoms with E-state index in [-0.39, 0.29) is 5.97 Å². The molecule has 0 aliphatic rings. The molecular formula is C15H23NO2S. The van der Waals surface area contributed by atoms with Gasteiger partial charge in [-0.15, -0.1) is 0 Å². The average molecular weight is 281 g/mol. The van der Waals surface area contributed by atoms with Crippen LogP contribution < -0.4 is 5.73 Å². The van der Waals surface area contributed by atoms with Gasteiger partial charge in [0.25, 0.3) is 0 Å². The fourth-order valence-corrected chi connectivity index (χ4v) is 2.89. The van der Waals surface area contributed by atoms with Crippen LogP contribution in [0.15, 0.2) is 18.2 Å². The maximum absolute atomic E-state index is 11.3. The zero-order valence-corrected chi connectivity index (χ0v) is 12.8. The summed E-state index contributed by atoms with van der Waals surface area (Å²) >= 11 is 1.80. The van der Waals surface area contributed by atoms with Gasteiger partial charge in [0.2, 0.25) is 0 Å². The molecule has 1 atom stereocenters. The Hall–Kier alpha value is -1.00. The molecule has 1 rings (SSSR count). The van der Waals surface area contributed by atoms with Gasteiger partial charge in [-0.3, -0.25) is 4.79 Å². The predicted octanol–water partition coefficient (Wildman–Crippen LogP) is 2.82. The molecule has 0 saturated heterocycles. The Morgan fingerprint density at radius 1 is 1.32 bits per heavy atom. The lowest BCUT2D eigenvalue weighted by Crippen LogP contribution is -2.32. The molecule has 2 N–H and O–H groups in total. The van der Waals surface area contributed by atoms with Crippen molar-refractivity contribution < 1.29 is 9.53 Å². The first-order valence-corrected chi connectivity index (χ1v) is 7.75. The molecule has 0 amide bonds. The fraction of sp³-hybridized carbons (Fsp3) is 0.533. The van der Waals surface area contributed by atoms with Crippen molar-refractivity contribution in [1.29, 1.82) is 0 Å². The summed E-state index contributed by atoms with van der Waals surface area (Å²) in [6.45, 7) is 6.40. The number of hydrogen-bond donors (Lipinski definition) is 1. The summed E-state index contributed by atoms with van der Waals surface area (Å²) in [4.78, 5) is 11.3. The van der Waals surface area contributed by atoms with Gasteiger partial charge in [-0.2, -0.15) is 11.8 Å². The molecule has 0 aliphatic heterocycles. The van der Waals surface area contributed by atoms with E-state index in [4.69, 9.17) is 10.5 Å². The SMILES string of the molecule is CCOC(=O)C(N)CCSCc1cc(C)cc(C)c1. The first-order valence-electron chi connectivity index (χ1n) is 6.60. The standard InChI is InChI=1S/C15H23NO2S/c1-4-18-15(17)14(16)5-6-19-10-13-8-11(2)7-12(3)9-13/h7-9,14H,4-6,10,16H2,1-3H3. The smallest absolute Gasteiger partial charge is 0.322 e. The van der Waals surface area contributed by atoms with Crippen molar-refractivity contribution in [3.63, 3.8) is 0 Å². The molecule has 0 aliphatic carbocycles. The summed E-state index contributed by atoms with van der Waals surface area (Å²) in [6.07, 6.45) is 0.661. The highest BCUT2D eigenvalue weighted by Crippen LogP contribution is 2.16. The second kappa shape index (κ2) is 8.23. The van der Waals surface area contributed by atoms with Gasteiger partial charge in [0.15, 0.2) is 0 Å². The first kappa shape index (κ1) is 16.1. The van der Waals surface area contributed by atoms with Gasteiger partial charge in [-0.1, -0.05) is 29.3 Å². The lowest BCUT2D eigenvalue weighted by atomic mass is 10.1. The summed E-state index contributed by atoms with van der Waals surface area (Å²) in [5.74, 6) is 1.53. The van der Waals surface area contributed by atoms with Gasteiger partial charge in [0, 0.05) is 5.75 Å².